The Hall–Kier alpha value is -0.633. The van der Waals surface area contributed by atoms with Gasteiger partial charge >= 0.3 is 8.80 Å². The average molecular weight is 342 g/mol. The number of nitrogens with two attached hydrogens (primary N) is 1. The zero-order chi connectivity index (χ0) is 16.1. The van der Waals surface area contributed by atoms with Crippen LogP contribution in [0.1, 0.15) is 64.2 Å². The van der Waals surface area contributed by atoms with Crippen molar-refractivity contribution in [3.8, 4) is 0 Å². The average Bonchev–Trinajstić information content (AvgIpc) is 3.04. The summed E-state index contributed by atoms with van der Waals surface area (Å²) in [4.78, 5) is 0. The predicted molar refractivity (Wildman–Crippen MR) is 91.3 cm³/mol. The maximum Gasteiger partial charge on any atom is 0.502 e. The van der Waals surface area contributed by atoms with E-state index in [9.17, 15) is 0 Å². The standard InChI is InChI=1S/C16H31N3O3Si/c17-16(18)19-11-8-12-23-20-13-9-6-4-2-1-3-5-7-10-14(21-23)15(13)22-23/h13-15H,1-12H2,(H4,17,18,19). The Morgan fingerprint density at radius 3 is 2.09 bits per heavy atom. The van der Waals surface area contributed by atoms with E-state index < -0.39 is 8.80 Å². The van der Waals surface area contributed by atoms with Crippen LogP contribution in [0.3, 0.4) is 0 Å². The lowest BCUT2D eigenvalue weighted by atomic mass is 9.96. The predicted octanol–water partition coefficient (Wildman–Crippen LogP) is 2.51. The summed E-state index contributed by atoms with van der Waals surface area (Å²) in [5.74, 6) is 0.0212. The molecule has 2 atom stereocenters. The van der Waals surface area contributed by atoms with Gasteiger partial charge in [-0.15, -0.1) is 0 Å². The SMILES string of the molecule is N=C(N)NCCC[Si]12OC3CCCCCCCCCC(O1)C3O2. The van der Waals surface area contributed by atoms with Crippen molar-refractivity contribution >= 4 is 14.8 Å². The van der Waals surface area contributed by atoms with Crippen molar-refractivity contribution in [1.82, 2.24) is 5.32 Å². The third-order valence-electron chi connectivity index (χ3n) is 5.16. The van der Waals surface area contributed by atoms with Gasteiger partial charge in [-0.25, -0.2) is 0 Å². The number of hydrogen-bond donors (Lipinski definition) is 3. The van der Waals surface area contributed by atoms with Gasteiger partial charge < -0.3 is 24.3 Å². The van der Waals surface area contributed by atoms with Gasteiger partial charge in [-0.2, -0.15) is 0 Å². The molecule has 0 amide bonds. The molecule has 7 heteroatoms. The van der Waals surface area contributed by atoms with Crippen LogP contribution >= 0.6 is 0 Å². The van der Waals surface area contributed by atoms with Crippen molar-refractivity contribution < 1.29 is 13.3 Å². The van der Waals surface area contributed by atoms with Crippen LogP contribution in [0, 0.1) is 5.41 Å². The smallest absolute Gasteiger partial charge is 0.370 e. The fraction of sp³-hybridized carbons (Fsp3) is 0.938. The third-order valence-corrected chi connectivity index (χ3v) is 8.08. The number of nitrogens with one attached hydrogen (secondary N) is 2. The van der Waals surface area contributed by atoms with Gasteiger partial charge in [-0.1, -0.05) is 44.9 Å². The Morgan fingerprint density at radius 2 is 1.52 bits per heavy atom. The third kappa shape index (κ3) is 4.46. The molecular formula is C16H31N3O3Si. The first-order valence-corrected chi connectivity index (χ1v) is 11.2. The highest BCUT2D eigenvalue weighted by Crippen LogP contribution is 2.43. The summed E-state index contributed by atoms with van der Waals surface area (Å²) in [6.07, 6.45) is 13.0. The van der Waals surface area contributed by atoms with Crippen LogP contribution < -0.4 is 11.1 Å². The van der Waals surface area contributed by atoms with Gasteiger partial charge in [0.1, 0.15) is 0 Å². The minimum atomic E-state index is -2.47. The van der Waals surface area contributed by atoms with Crippen LogP contribution in [0.2, 0.25) is 6.04 Å². The number of fused-ring (bicyclic) bond motifs is 1. The highest BCUT2D eigenvalue weighted by Gasteiger charge is 2.62. The molecule has 2 saturated heterocycles. The monoisotopic (exact) mass is 341 g/mol. The summed E-state index contributed by atoms with van der Waals surface area (Å²) in [5, 5.41) is 10.1. The molecule has 3 fully saturated rings. The second-order valence-electron chi connectivity index (χ2n) is 7.07. The summed E-state index contributed by atoms with van der Waals surface area (Å²) in [7, 11) is -2.47. The molecule has 4 N–H and O–H groups in total. The minimum Gasteiger partial charge on any atom is -0.370 e. The number of guanidine groups is 1. The molecule has 23 heavy (non-hydrogen) atoms. The molecule has 0 aromatic carbocycles. The summed E-state index contributed by atoms with van der Waals surface area (Å²) in [6, 6.07) is 0.830. The lowest BCUT2D eigenvalue weighted by Gasteiger charge is -2.31. The topological polar surface area (TPSA) is 89.6 Å². The highest BCUT2D eigenvalue weighted by molar-refractivity contribution is 6.62. The quantitative estimate of drug-likeness (QED) is 0.316. The summed E-state index contributed by atoms with van der Waals surface area (Å²) < 4.78 is 18.9. The van der Waals surface area contributed by atoms with Gasteiger partial charge in [-0.3, -0.25) is 5.41 Å². The van der Waals surface area contributed by atoms with Gasteiger partial charge in [0.05, 0.1) is 18.3 Å². The van der Waals surface area contributed by atoms with E-state index >= 15 is 0 Å². The fourth-order valence-corrected chi connectivity index (χ4v) is 7.28. The molecule has 1 saturated carbocycles. The van der Waals surface area contributed by atoms with E-state index in [4.69, 9.17) is 24.4 Å². The first-order valence-electron chi connectivity index (χ1n) is 9.30. The minimum absolute atomic E-state index is 0.0212. The summed E-state index contributed by atoms with van der Waals surface area (Å²) in [5.41, 5.74) is 5.32. The molecular weight excluding hydrogens is 310 g/mol. The lowest BCUT2D eigenvalue weighted by molar-refractivity contribution is 0.0119. The zero-order valence-electron chi connectivity index (χ0n) is 14.0. The van der Waals surface area contributed by atoms with Crippen LogP contribution in [0.15, 0.2) is 0 Å². The number of hydrogen-bond acceptors (Lipinski definition) is 4. The second-order valence-corrected chi connectivity index (χ2v) is 9.65. The van der Waals surface area contributed by atoms with Crippen molar-refractivity contribution in [3.05, 3.63) is 0 Å². The van der Waals surface area contributed by atoms with Crippen molar-refractivity contribution in [2.45, 2.75) is 88.6 Å². The first kappa shape index (κ1) is 17.2. The van der Waals surface area contributed by atoms with E-state index in [1.807, 2.05) is 0 Å². The zero-order valence-corrected chi connectivity index (χ0v) is 15.0. The molecule has 1 aliphatic carbocycles. The Bertz CT molecular complexity index is 385. The van der Waals surface area contributed by atoms with E-state index in [1.54, 1.807) is 0 Å². The molecule has 0 radical (unpaired) electrons. The molecule has 2 unspecified atom stereocenters. The number of rotatable bonds is 4. The summed E-state index contributed by atoms with van der Waals surface area (Å²) in [6.45, 7) is 0.681. The van der Waals surface area contributed by atoms with Gasteiger partial charge in [0.2, 0.25) is 0 Å². The fourth-order valence-electron chi connectivity index (χ4n) is 4.00. The molecule has 132 valence electrons. The van der Waals surface area contributed by atoms with Crippen molar-refractivity contribution in [1.29, 1.82) is 5.41 Å². The van der Waals surface area contributed by atoms with Crippen LogP contribution in [-0.2, 0) is 13.3 Å². The molecule has 3 aliphatic rings. The van der Waals surface area contributed by atoms with Crippen LogP contribution in [0.25, 0.3) is 0 Å². The van der Waals surface area contributed by atoms with Gasteiger partial charge in [-0.05, 0) is 19.3 Å². The maximum atomic E-state index is 7.21. The molecule has 0 aromatic rings. The van der Waals surface area contributed by atoms with E-state index in [0.29, 0.717) is 6.54 Å². The Morgan fingerprint density at radius 1 is 0.957 bits per heavy atom. The van der Waals surface area contributed by atoms with E-state index in [0.717, 1.165) is 25.3 Å². The van der Waals surface area contributed by atoms with Gasteiger partial charge in [0.15, 0.2) is 5.96 Å². The second kappa shape index (κ2) is 7.96. The largest absolute Gasteiger partial charge is 0.502 e. The first-order chi connectivity index (χ1) is 11.2. The van der Waals surface area contributed by atoms with Crippen LogP contribution in [0.5, 0.6) is 0 Å². The van der Waals surface area contributed by atoms with Crippen LogP contribution in [-0.4, -0.2) is 39.6 Å². The van der Waals surface area contributed by atoms with E-state index in [1.165, 1.54) is 44.9 Å². The molecule has 0 aromatic heterocycles. The van der Waals surface area contributed by atoms with Crippen molar-refractivity contribution in [3.63, 3.8) is 0 Å². The van der Waals surface area contributed by atoms with E-state index in [-0.39, 0.29) is 24.3 Å². The highest BCUT2D eigenvalue weighted by atomic mass is 28.4. The molecule has 3 rings (SSSR count). The van der Waals surface area contributed by atoms with Gasteiger partial charge in [0, 0.05) is 12.6 Å². The normalized spacial score (nSPS) is 37.8. The Labute approximate surface area is 140 Å². The summed E-state index contributed by atoms with van der Waals surface area (Å²) >= 11 is 0. The molecule has 2 heterocycles. The lowest BCUT2D eigenvalue weighted by Crippen LogP contribution is -2.46. The molecule has 2 aliphatic heterocycles. The maximum absolute atomic E-state index is 7.21. The Balaban J connectivity index is 1.55. The molecule has 0 spiro atoms. The van der Waals surface area contributed by atoms with Crippen molar-refractivity contribution in [2.24, 2.45) is 5.73 Å². The van der Waals surface area contributed by atoms with Crippen LogP contribution in [0.4, 0.5) is 0 Å². The molecule has 2 bridgehead atoms. The van der Waals surface area contributed by atoms with Crippen molar-refractivity contribution in [2.75, 3.05) is 6.54 Å². The Kier molecular flexibility index (Phi) is 5.95. The van der Waals surface area contributed by atoms with E-state index in [2.05, 4.69) is 5.32 Å². The molecule has 6 nitrogen and oxygen atoms in total. The van der Waals surface area contributed by atoms with Gasteiger partial charge in [0.25, 0.3) is 0 Å².